The van der Waals surface area contributed by atoms with Crippen LogP contribution in [0, 0.1) is 0 Å². The average Bonchev–Trinajstić information content (AvgIpc) is 2.61. The minimum atomic E-state index is -0.531. The molecule has 0 radical (unpaired) electrons. The zero-order valence-corrected chi connectivity index (χ0v) is 13.4. The number of hydrogen-bond acceptors (Lipinski definition) is 6. The molecular formula is C17H17N3O5. The number of rotatable bonds is 6. The van der Waals surface area contributed by atoms with E-state index in [4.69, 9.17) is 4.74 Å². The lowest BCUT2D eigenvalue weighted by Crippen LogP contribution is -2.34. The number of benzene rings is 2. The first kappa shape index (κ1) is 17.8. The van der Waals surface area contributed by atoms with Crippen molar-refractivity contribution >= 4 is 18.0 Å². The quantitative estimate of drug-likeness (QED) is 0.460. The first-order chi connectivity index (χ1) is 12.0. The van der Waals surface area contributed by atoms with E-state index in [1.54, 1.807) is 24.3 Å². The number of nitrogens with one attached hydrogen (secondary N) is 2. The molecule has 2 aromatic carbocycles. The molecule has 0 fully saturated rings. The lowest BCUT2D eigenvalue weighted by Gasteiger charge is -2.05. The van der Waals surface area contributed by atoms with Gasteiger partial charge in [0.2, 0.25) is 0 Å². The smallest absolute Gasteiger partial charge is 0.259 e. The van der Waals surface area contributed by atoms with Gasteiger partial charge in [-0.05, 0) is 36.4 Å². The van der Waals surface area contributed by atoms with Gasteiger partial charge in [0.05, 0.1) is 19.9 Å². The van der Waals surface area contributed by atoms with Crippen molar-refractivity contribution in [2.24, 2.45) is 5.10 Å². The second-order valence-corrected chi connectivity index (χ2v) is 4.95. The summed E-state index contributed by atoms with van der Waals surface area (Å²) in [5.41, 5.74) is 2.93. The van der Waals surface area contributed by atoms with Crippen LogP contribution in [0.3, 0.4) is 0 Å². The summed E-state index contributed by atoms with van der Waals surface area (Å²) in [7, 11) is 1.53. The average molecular weight is 343 g/mol. The largest absolute Gasteiger partial charge is 0.508 e. The molecule has 0 saturated carbocycles. The number of carbonyl (C=O) groups excluding carboxylic acids is 2. The Morgan fingerprint density at radius 2 is 1.88 bits per heavy atom. The monoisotopic (exact) mass is 343 g/mol. The summed E-state index contributed by atoms with van der Waals surface area (Å²) in [5, 5.41) is 24.9. The zero-order valence-electron chi connectivity index (χ0n) is 13.4. The van der Waals surface area contributed by atoms with Crippen LogP contribution in [0.2, 0.25) is 0 Å². The molecule has 0 aromatic heterocycles. The third-order valence-electron chi connectivity index (χ3n) is 3.17. The topological polar surface area (TPSA) is 120 Å². The summed E-state index contributed by atoms with van der Waals surface area (Å²) in [6, 6.07) is 10.4. The number of carbonyl (C=O) groups is 2. The molecule has 0 bridgehead atoms. The van der Waals surface area contributed by atoms with E-state index in [-0.39, 0.29) is 18.0 Å². The highest BCUT2D eigenvalue weighted by molar-refractivity contribution is 5.96. The van der Waals surface area contributed by atoms with Crippen LogP contribution in [0.25, 0.3) is 0 Å². The lowest BCUT2D eigenvalue weighted by molar-refractivity contribution is -0.120. The van der Waals surface area contributed by atoms with Crippen molar-refractivity contribution in [2.45, 2.75) is 0 Å². The molecule has 4 N–H and O–H groups in total. The number of aromatic hydroxyl groups is 2. The minimum absolute atomic E-state index is 0.0834. The Kier molecular flexibility index (Phi) is 5.94. The Balaban J connectivity index is 1.81. The Labute approximate surface area is 143 Å². The van der Waals surface area contributed by atoms with Crippen LogP contribution in [0.4, 0.5) is 0 Å². The van der Waals surface area contributed by atoms with E-state index >= 15 is 0 Å². The van der Waals surface area contributed by atoms with Crippen molar-refractivity contribution in [3.05, 3.63) is 53.6 Å². The molecule has 2 aromatic rings. The molecule has 2 amide bonds. The standard InChI is InChI=1S/C17H17N3O5/c1-25-14-6-3-11(4-7-14)17(24)18-10-16(23)20-19-9-12-2-5-13(21)8-15(12)22/h2-9,21-22H,10H2,1H3,(H,18,24)(H,20,23)/b19-9+. The molecule has 130 valence electrons. The molecular weight excluding hydrogens is 326 g/mol. The van der Waals surface area contributed by atoms with Crippen molar-refractivity contribution in [3.8, 4) is 17.2 Å². The van der Waals surface area contributed by atoms with Gasteiger partial charge in [0, 0.05) is 17.2 Å². The van der Waals surface area contributed by atoms with Crippen molar-refractivity contribution < 1.29 is 24.5 Å². The SMILES string of the molecule is COc1ccc(C(=O)NCC(=O)N/N=C/c2ccc(O)cc2O)cc1. The molecule has 8 heteroatoms. The Bertz CT molecular complexity index is 787. The van der Waals surface area contributed by atoms with E-state index in [1.165, 1.54) is 25.5 Å². The summed E-state index contributed by atoms with van der Waals surface area (Å²) < 4.78 is 5.00. The molecule has 0 aliphatic rings. The Morgan fingerprint density at radius 1 is 1.16 bits per heavy atom. The van der Waals surface area contributed by atoms with Crippen LogP contribution in [-0.2, 0) is 4.79 Å². The summed E-state index contributed by atoms with van der Waals surface area (Å²) in [6.45, 7) is -0.260. The molecule has 0 aliphatic heterocycles. The van der Waals surface area contributed by atoms with Gasteiger partial charge < -0.3 is 20.3 Å². The van der Waals surface area contributed by atoms with E-state index in [2.05, 4.69) is 15.8 Å². The first-order valence-corrected chi connectivity index (χ1v) is 7.25. The fourth-order valence-electron chi connectivity index (χ4n) is 1.86. The van der Waals surface area contributed by atoms with Crippen LogP contribution in [0.5, 0.6) is 17.2 Å². The highest BCUT2D eigenvalue weighted by Gasteiger charge is 2.07. The number of phenols is 2. The van der Waals surface area contributed by atoms with Gasteiger partial charge in [0.1, 0.15) is 17.2 Å². The van der Waals surface area contributed by atoms with Crippen LogP contribution >= 0.6 is 0 Å². The van der Waals surface area contributed by atoms with Gasteiger partial charge >= 0.3 is 0 Å². The summed E-state index contributed by atoms with van der Waals surface area (Å²) in [4.78, 5) is 23.5. The second-order valence-electron chi connectivity index (χ2n) is 4.95. The molecule has 0 spiro atoms. The molecule has 0 atom stereocenters. The molecule has 0 aliphatic carbocycles. The number of ether oxygens (including phenoxy) is 1. The molecule has 0 saturated heterocycles. The molecule has 25 heavy (non-hydrogen) atoms. The van der Waals surface area contributed by atoms with E-state index in [1.807, 2.05) is 0 Å². The predicted octanol–water partition coefficient (Wildman–Crippen LogP) is 0.986. The number of phenolic OH excluding ortho intramolecular Hbond substituents is 2. The second kappa shape index (κ2) is 8.34. The van der Waals surface area contributed by atoms with Crippen molar-refractivity contribution in [3.63, 3.8) is 0 Å². The molecule has 0 heterocycles. The number of methoxy groups -OCH3 is 1. The third kappa shape index (κ3) is 5.24. The van der Waals surface area contributed by atoms with Crippen LogP contribution in [0.15, 0.2) is 47.6 Å². The lowest BCUT2D eigenvalue weighted by atomic mass is 10.2. The normalized spacial score (nSPS) is 10.4. The fraction of sp³-hybridized carbons (Fsp3) is 0.118. The van der Waals surface area contributed by atoms with E-state index in [9.17, 15) is 19.8 Å². The predicted molar refractivity (Wildman–Crippen MR) is 90.8 cm³/mol. The first-order valence-electron chi connectivity index (χ1n) is 7.25. The van der Waals surface area contributed by atoms with Crippen LogP contribution in [-0.4, -0.2) is 41.9 Å². The summed E-state index contributed by atoms with van der Waals surface area (Å²) in [5.74, 6) is -0.568. The van der Waals surface area contributed by atoms with Crippen molar-refractivity contribution in [1.82, 2.24) is 10.7 Å². The maximum absolute atomic E-state index is 11.9. The van der Waals surface area contributed by atoms with Gasteiger partial charge in [-0.3, -0.25) is 9.59 Å². The van der Waals surface area contributed by atoms with Crippen LogP contribution < -0.4 is 15.5 Å². The van der Waals surface area contributed by atoms with Gasteiger partial charge in [-0.25, -0.2) is 5.43 Å². The summed E-state index contributed by atoms with van der Waals surface area (Å²) >= 11 is 0. The number of hydrazone groups is 1. The maximum Gasteiger partial charge on any atom is 0.259 e. The third-order valence-corrected chi connectivity index (χ3v) is 3.17. The Morgan fingerprint density at radius 3 is 2.52 bits per heavy atom. The molecule has 0 unspecified atom stereocenters. The summed E-state index contributed by atoms with van der Waals surface area (Å²) in [6.07, 6.45) is 1.22. The number of amides is 2. The minimum Gasteiger partial charge on any atom is -0.508 e. The van der Waals surface area contributed by atoms with E-state index in [0.29, 0.717) is 16.9 Å². The fourth-order valence-corrected chi connectivity index (χ4v) is 1.86. The molecule has 2 rings (SSSR count). The van der Waals surface area contributed by atoms with Crippen molar-refractivity contribution in [2.75, 3.05) is 13.7 Å². The Hall–Kier alpha value is -3.55. The highest BCUT2D eigenvalue weighted by atomic mass is 16.5. The van der Waals surface area contributed by atoms with Gasteiger partial charge in [0.15, 0.2) is 0 Å². The maximum atomic E-state index is 11.9. The zero-order chi connectivity index (χ0) is 18.2. The highest BCUT2D eigenvalue weighted by Crippen LogP contribution is 2.20. The van der Waals surface area contributed by atoms with E-state index in [0.717, 1.165) is 6.07 Å². The van der Waals surface area contributed by atoms with Gasteiger partial charge in [0.25, 0.3) is 11.8 Å². The molecule has 8 nitrogen and oxygen atoms in total. The number of hydrogen-bond donors (Lipinski definition) is 4. The van der Waals surface area contributed by atoms with Crippen LogP contribution in [0.1, 0.15) is 15.9 Å². The van der Waals surface area contributed by atoms with Crippen molar-refractivity contribution in [1.29, 1.82) is 0 Å². The van der Waals surface area contributed by atoms with Gasteiger partial charge in [-0.1, -0.05) is 0 Å². The number of nitrogens with zero attached hydrogens (tertiary/aromatic N) is 1. The van der Waals surface area contributed by atoms with Gasteiger partial charge in [-0.2, -0.15) is 5.10 Å². The van der Waals surface area contributed by atoms with E-state index < -0.39 is 11.8 Å². The van der Waals surface area contributed by atoms with Gasteiger partial charge in [-0.15, -0.1) is 0 Å².